The number of benzene rings is 1. The Morgan fingerprint density at radius 2 is 2.09 bits per heavy atom. The third-order valence-electron chi connectivity index (χ3n) is 4.31. The van der Waals surface area contributed by atoms with Crippen molar-refractivity contribution in [3.63, 3.8) is 0 Å². The zero-order valence-corrected chi connectivity index (χ0v) is 13.9. The predicted octanol–water partition coefficient (Wildman–Crippen LogP) is 4.23. The molecule has 3 rings (SSSR count). The molecule has 120 valence electrons. The Kier molecular flexibility index (Phi) is 4.91. The maximum absolute atomic E-state index is 12.0. The summed E-state index contributed by atoms with van der Waals surface area (Å²) in [4.78, 5) is 16.4. The summed E-state index contributed by atoms with van der Waals surface area (Å²) < 4.78 is 0. The van der Waals surface area contributed by atoms with E-state index in [1.54, 1.807) is 6.21 Å². The van der Waals surface area contributed by atoms with Crippen LogP contribution in [0.25, 0.3) is 10.9 Å². The van der Waals surface area contributed by atoms with E-state index in [0.717, 1.165) is 42.1 Å². The first kappa shape index (κ1) is 15.9. The molecule has 0 saturated heterocycles. The average molecular weight is 330 g/mol. The molecule has 2 aromatic rings. The van der Waals surface area contributed by atoms with Crippen LogP contribution >= 0.6 is 11.6 Å². The number of carbonyl (C=O) groups excluding carboxylic acids is 1. The molecule has 0 spiro atoms. The molecule has 0 unspecified atom stereocenters. The lowest BCUT2D eigenvalue weighted by Gasteiger charge is -2.19. The molecule has 1 aromatic carbocycles. The van der Waals surface area contributed by atoms with Crippen molar-refractivity contribution in [3.8, 4) is 0 Å². The number of nitrogens with zero attached hydrogens (tertiary/aromatic N) is 2. The minimum atomic E-state index is 0.00134. The van der Waals surface area contributed by atoms with Crippen LogP contribution in [0.5, 0.6) is 0 Å². The number of aryl methyl sites for hydroxylation is 1. The number of rotatable bonds is 3. The van der Waals surface area contributed by atoms with Gasteiger partial charge in [0.2, 0.25) is 5.91 Å². The van der Waals surface area contributed by atoms with Crippen LogP contribution in [0.4, 0.5) is 0 Å². The Morgan fingerprint density at radius 3 is 2.87 bits per heavy atom. The molecule has 1 aliphatic rings. The van der Waals surface area contributed by atoms with Crippen molar-refractivity contribution in [1.82, 2.24) is 10.4 Å². The molecule has 0 bridgehead atoms. The summed E-state index contributed by atoms with van der Waals surface area (Å²) in [7, 11) is 0. The molecule has 0 atom stereocenters. The van der Waals surface area contributed by atoms with E-state index >= 15 is 0 Å². The highest BCUT2D eigenvalue weighted by Gasteiger charge is 2.20. The number of hydrogen-bond acceptors (Lipinski definition) is 3. The molecule has 4 nitrogen and oxygen atoms in total. The van der Waals surface area contributed by atoms with Crippen LogP contribution < -0.4 is 5.43 Å². The summed E-state index contributed by atoms with van der Waals surface area (Å²) in [5.41, 5.74) is 5.33. The van der Waals surface area contributed by atoms with E-state index in [0.29, 0.717) is 10.7 Å². The molecule has 1 N–H and O–H groups in total. The topological polar surface area (TPSA) is 54.4 Å². The van der Waals surface area contributed by atoms with Gasteiger partial charge in [-0.25, -0.2) is 10.4 Å². The van der Waals surface area contributed by atoms with Gasteiger partial charge in [0.25, 0.3) is 0 Å². The highest BCUT2D eigenvalue weighted by Crippen LogP contribution is 2.23. The fourth-order valence-electron chi connectivity index (χ4n) is 2.98. The number of amides is 1. The van der Waals surface area contributed by atoms with Crippen LogP contribution in [-0.2, 0) is 4.79 Å². The molecule has 1 heterocycles. The number of pyridine rings is 1. The minimum absolute atomic E-state index is 0.00134. The first-order valence-corrected chi connectivity index (χ1v) is 8.41. The molecule has 0 aliphatic heterocycles. The smallest absolute Gasteiger partial charge is 0.243 e. The second-order valence-corrected chi connectivity index (χ2v) is 6.49. The van der Waals surface area contributed by atoms with Crippen molar-refractivity contribution in [3.05, 3.63) is 40.5 Å². The van der Waals surface area contributed by atoms with E-state index in [9.17, 15) is 4.79 Å². The fraction of sp³-hybridized carbons (Fsp3) is 0.389. The predicted molar refractivity (Wildman–Crippen MR) is 93.8 cm³/mol. The molecule has 1 aliphatic carbocycles. The highest BCUT2D eigenvalue weighted by molar-refractivity contribution is 6.32. The van der Waals surface area contributed by atoms with Gasteiger partial charge in [-0.15, -0.1) is 0 Å². The Morgan fingerprint density at radius 1 is 1.30 bits per heavy atom. The Hall–Kier alpha value is -1.94. The van der Waals surface area contributed by atoms with Crippen molar-refractivity contribution in [1.29, 1.82) is 0 Å². The molecule has 0 radical (unpaired) electrons. The maximum Gasteiger partial charge on any atom is 0.243 e. The number of nitrogens with one attached hydrogen (secondary N) is 1. The van der Waals surface area contributed by atoms with Gasteiger partial charge in [-0.05, 0) is 37.5 Å². The Bertz CT molecular complexity index is 751. The number of hydrazone groups is 1. The lowest BCUT2D eigenvalue weighted by atomic mass is 9.89. The molecular weight excluding hydrogens is 310 g/mol. The minimum Gasteiger partial charge on any atom is -0.273 e. The molecule has 23 heavy (non-hydrogen) atoms. The second kappa shape index (κ2) is 7.09. The zero-order chi connectivity index (χ0) is 16.2. The molecule has 5 heteroatoms. The lowest BCUT2D eigenvalue weighted by molar-refractivity contribution is -0.125. The fourth-order valence-corrected chi connectivity index (χ4v) is 3.18. The maximum atomic E-state index is 12.0. The van der Waals surface area contributed by atoms with Gasteiger partial charge in [0.05, 0.1) is 11.7 Å². The monoisotopic (exact) mass is 329 g/mol. The molecule has 1 fully saturated rings. The average Bonchev–Trinajstić information content (AvgIpc) is 2.56. The van der Waals surface area contributed by atoms with E-state index in [4.69, 9.17) is 11.6 Å². The van der Waals surface area contributed by atoms with Gasteiger partial charge < -0.3 is 0 Å². The normalized spacial score (nSPS) is 16.1. The van der Waals surface area contributed by atoms with Crippen LogP contribution in [0.1, 0.15) is 43.2 Å². The van der Waals surface area contributed by atoms with Gasteiger partial charge in [0, 0.05) is 16.9 Å². The van der Waals surface area contributed by atoms with E-state index in [-0.39, 0.29) is 11.8 Å². The Labute approximate surface area is 140 Å². The van der Waals surface area contributed by atoms with Crippen molar-refractivity contribution < 1.29 is 4.79 Å². The van der Waals surface area contributed by atoms with E-state index in [1.165, 1.54) is 6.42 Å². The van der Waals surface area contributed by atoms with E-state index in [2.05, 4.69) is 15.5 Å². The van der Waals surface area contributed by atoms with Gasteiger partial charge in [0.15, 0.2) is 0 Å². The largest absolute Gasteiger partial charge is 0.273 e. The van der Waals surface area contributed by atoms with Crippen LogP contribution in [0.3, 0.4) is 0 Å². The number of halogens is 1. The van der Waals surface area contributed by atoms with E-state index < -0.39 is 0 Å². The highest BCUT2D eigenvalue weighted by atomic mass is 35.5. The van der Waals surface area contributed by atoms with E-state index in [1.807, 2.05) is 31.2 Å². The standard InChI is InChI=1S/C18H20ClN3O/c1-12-7-8-14-10-15(17(19)21-16(14)9-12)11-20-22-18(23)13-5-3-2-4-6-13/h7-11,13H,2-6H2,1H3,(H,22,23)/b20-11-. The number of fused-ring (bicyclic) bond motifs is 1. The molecular formula is C18H20ClN3O. The van der Waals surface area contributed by atoms with Crippen molar-refractivity contribution in [2.24, 2.45) is 11.0 Å². The third-order valence-corrected chi connectivity index (χ3v) is 4.61. The van der Waals surface area contributed by atoms with Crippen molar-refractivity contribution in [2.45, 2.75) is 39.0 Å². The quantitative estimate of drug-likeness (QED) is 0.520. The van der Waals surface area contributed by atoms with Gasteiger partial charge >= 0.3 is 0 Å². The summed E-state index contributed by atoms with van der Waals surface area (Å²) in [6, 6.07) is 7.96. The summed E-state index contributed by atoms with van der Waals surface area (Å²) in [6.45, 7) is 2.02. The third kappa shape index (κ3) is 3.88. The van der Waals surface area contributed by atoms with Crippen molar-refractivity contribution in [2.75, 3.05) is 0 Å². The van der Waals surface area contributed by atoms with Gasteiger partial charge in [0.1, 0.15) is 5.15 Å². The number of aromatic nitrogens is 1. The van der Waals surface area contributed by atoms with Crippen molar-refractivity contribution >= 4 is 34.6 Å². The van der Waals surface area contributed by atoms with Gasteiger partial charge in [-0.1, -0.05) is 43.0 Å². The van der Waals surface area contributed by atoms with Gasteiger partial charge in [-0.2, -0.15) is 5.10 Å². The summed E-state index contributed by atoms with van der Waals surface area (Å²) >= 11 is 6.20. The summed E-state index contributed by atoms with van der Waals surface area (Å²) in [6.07, 6.45) is 6.96. The summed E-state index contributed by atoms with van der Waals surface area (Å²) in [5, 5.41) is 5.44. The summed E-state index contributed by atoms with van der Waals surface area (Å²) in [5.74, 6) is 0.0931. The number of hydrogen-bond donors (Lipinski definition) is 1. The van der Waals surface area contributed by atoms with Crippen LogP contribution in [0, 0.1) is 12.8 Å². The first-order valence-electron chi connectivity index (χ1n) is 8.03. The number of carbonyl (C=O) groups is 1. The van der Waals surface area contributed by atoms with Gasteiger partial charge in [-0.3, -0.25) is 4.79 Å². The first-order chi connectivity index (χ1) is 11.1. The van der Waals surface area contributed by atoms with Crippen LogP contribution in [-0.4, -0.2) is 17.1 Å². The second-order valence-electron chi connectivity index (χ2n) is 6.13. The van der Waals surface area contributed by atoms with Crippen LogP contribution in [0.15, 0.2) is 29.4 Å². The SMILES string of the molecule is Cc1ccc2cc(/C=N\NC(=O)C3CCCCC3)c(Cl)nc2c1. The zero-order valence-electron chi connectivity index (χ0n) is 13.2. The van der Waals surface area contributed by atoms with Crippen LogP contribution in [0.2, 0.25) is 5.15 Å². The molecule has 1 amide bonds. The molecule has 1 saturated carbocycles. The molecule has 1 aromatic heterocycles. The Balaban J connectivity index is 1.71. The lowest BCUT2D eigenvalue weighted by Crippen LogP contribution is -2.28.